The van der Waals surface area contributed by atoms with Crippen LogP contribution in [0.4, 0.5) is 0 Å². The fourth-order valence-corrected chi connectivity index (χ4v) is 4.95. The third kappa shape index (κ3) is 4.26. The highest BCUT2D eigenvalue weighted by atomic mass is 32.1. The van der Waals surface area contributed by atoms with E-state index in [1.807, 2.05) is 38.1 Å². The standard InChI is InChI=1S/C23H25N3O4S/c1-14(2)24-22(28)21-20(16-6-4-5-7-18(16)31-21)17-13-26(10-11-30-17)23(29)15-8-9-19(27)25(3)12-15/h4-9,12,14,17H,10-11,13H2,1-3H3,(H,24,28)/t17-/m0/s1. The van der Waals surface area contributed by atoms with Crippen LogP contribution in [0.5, 0.6) is 0 Å². The molecule has 0 spiro atoms. The minimum atomic E-state index is -0.408. The average molecular weight is 440 g/mol. The molecular formula is C23H25N3O4S. The van der Waals surface area contributed by atoms with Gasteiger partial charge < -0.3 is 19.5 Å². The first-order valence-corrected chi connectivity index (χ1v) is 11.1. The Balaban J connectivity index is 1.67. The molecule has 3 heterocycles. The number of carbonyl (C=O) groups excluding carboxylic acids is 2. The Morgan fingerprint density at radius 2 is 1.97 bits per heavy atom. The summed E-state index contributed by atoms with van der Waals surface area (Å²) in [6, 6.07) is 10.8. The second-order valence-electron chi connectivity index (χ2n) is 7.95. The van der Waals surface area contributed by atoms with Gasteiger partial charge in [0.05, 0.1) is 23.6 Å². The average Bonchev–Trinajstić information content (AvgIpc) is 3.14. The first kappa shape index (κ1) is 21.3. The minimum Gasteiger partial charge on any atom is -0.370 e. The number of amides is 2. The zero-order chi connectivity index (χ0) is 22.1. The van der Waals surface area contributed by atoms with Crippen molar-refractivity contribution in [1.82, 2.24) is 14.8 Å². The second kappa shape index (κ2) is 8.64. The molecular weight excluding hydrogens is 414 g/mol. The summed E-state index contributed by atoms with van der Waals surface area (Å²) in [4.78, 5) is 40.0. The van der Waals surface area contributed by atoms with Crippen molar-refractivity contribution in [3.05, 3.63) is 69.0 Å². The summed E-state index contributed by atoms with van der Waals surface area (Å²) in [6.07, 6.45) is 1.14. The third-order valence-electron chi connectivity index (χ3n) is 5.27. The molecule has 4 rings (SSSR count). The fraction of sp³-hybridized carbons (Fsp3) is 0.348. The predicted molar refractivity (Wildman–Crippen MR) is 121 cm³/mol. The van der Waals surface area contributed by atoms with Crippen LogP contribution < -0.4 is 10.9 Å². The number of pyridine rings is 1. The number of aromatic nitrogens is 1. The van der Waals surface area contributed by atoms with Crippen LogP contribution >= 0.6 is 11.3 Å². The molecule has 1 aliphatic heterocycles. The maximum absolute atomic E-state index is 13.1. The zero-order valence-electron chi connectivity index (χ0n) is 17.8. The van der Waals surface area contributed by atoms with Gasteiger partial charge in [-0.25, -0.2) is 0 Å². The van der Waals surface area contributed by atoms with Gasteiger partial charge in [0.2, 0.25) is 5.56 Å². The Hall–Kier alpha value is -2.97. The van der Waals surface area contributed by atoms with Gasteiger partial charge in [-0.2, -0.15) is 0 Å². The van der Waals surface area contributed by atoms with Crippen molar-refractivity contribution in [1.29, 1.82) is 0 Å². The summed E-state index contributed by atoms with van der Waals surface area (Å²) in [5.74, 6) is -0.284. The normalized spacial score (nSPS) is 16.6. The molecule has 3 aromatic rings. The minimum absolute atomic E-state index is 0.0145. The van der Waals surface area contributed by atoms with Crippen LogP contribution in [0, 0.1) is 0 Å². The van der Waals surface area contributed by atoms with E-state index in [-0.39, 0.29) is 23.4 Å². The lowest BCUT2D eigenvalue weighted by molar-refractivity contribution is -0.0222. The predicted octanol–water partition coefficient (Wildman–Crippen LogP) is 2.95. The number of nitrogens with one attached hydrogen (secondary N) is 1. The van der Waals surface area contributed by atoms with Crippen molar-refractivity contribution in [2.45, 2.75) is 26.0 Å². The third-order valence-corrected chi connectivity index (χ3v) is 6.45. The molecule has 1 aliphatic rings. The monoisotopic (exact) mass is 439 g/mol. The highest BCUT2D eigenvalue weighted by Gasteiger charge is 2.32. The number of aryl methyl sites for hydroxylation is 1. The highest BCUT2D eigenvalue weighted by Crippen LogP contribution is 2.38. The molecule has 2 amide bonds. The summed E-state index contributed by atoms with van der Waals surface area (Å²) in [6.45, 7) is 5.01. The molecule has 0 bridgehead atoms. The van der Waals surface area contributed by atoms with Crippen molar-refractivity contribution in [3.63, 3.8) is 0 Å². The number of benzene rings is 1. The molecule has 2 aromatic heterocycles. The summed E-state index contributed by atoms with van der Waals surface area (Å²) in [5, 5.41) is 3.95. The second-order valence-corrected chi connectivity index (χ2v) is 9.00. The lowest BCUT2D eigenvalue weighted by Crippen LogP contribution is -2.43. The maximum Gasteiger partial charge on any atom is 0.261 e. The van der Waals surface area contributed by atoms with Gasteiger partial charge in [0.25, 0.3) is 11.8 Å². The van der Waals surface area contributed by atoms with Crippen molar-refractivity contribution >= 4 is 33.2 Å². The van der Waals surface area contributed by atoms with E-state index in [0.29, 0.717) is 30.1 Å². The van der Waals surface area contributed by atoms with E-state index in [9.17, 15) is 14.4 Å². The van der Waals surface area contributed by atoms with Crippen molar-refractivity contribution < 1.29 is 14.3 Å². The number of carbonyl (C=O) groups is 2. The summed E-state index contributed by atoms with van der Waals surface area (Å²) in [7, 11) is 1.62. The summed E-state index contributed by atoms with van der Waals surface area (Å²) in [5.41, 5.74) is 1.12. The maximum atomic E-state index is 13.1. The van der Waals surface area contributed by atoms with Gasteiger partial charge in [0.1, 0.15) is 6.10 Å². The van der Waals surface area contributed by atoms with E-state index in [0.717, 1.165) is 15.6 Å². The number of rotatable bonds is 4. The topological polar surface area (TPSA) is 80.6 Å². The fourth-order valence-electron chi connectivity index (χ4n) is 3.79. The lowest BCUT2D eigenvalue weighted by Gasteiger charge is -2.33. The van der Waals surface area contributed by atoms with Gasteiger partial charge in [0, 0.05) is 42.2 Å². The highest BCUT2D eigenvalue weighted by molar-refractivity contribution is 7.21. The first-order chi connectivity index (χ1) is 14.8. The molecule has 0 radical (unpaired) electrons. The number of ether oxygens (including phenoxy) is 1. The molecule has 8 heteroatoms. The lowest BCUT2D eigenvalue weighted by atomic mass is 10.0. The molecule has 31 heavy (non-hydrogen) atoms. The van der Waals surface area contributed by atoms with E-state index in [2.05, 4.69) is 5.32 Å². The van der Waals surface area contributed by atoms with Gasteiger partial charge >= 0.3 is 0 Å². The van der Waals surface area contributed by atoms with E-state index in [1.54, 1.807) is 24.2 Å². The smallest absolute Gasteiger partial charge is 0.261 e. The van der Waals surface area contributed by atoms with Crippen LogP contribution in [0.15, 0.2) is 47.4 Å². The molecule has 0 unspecified atom stereocenters. The Bertz CT molecular complexity index is 1200. The molecule has 1 aromatic carbocycles. The molecule has 1 fully saturated rings. The first-order valence-electron chi connectivity index (χ1n) is 10.2. The molecule has 1 saturated heterocycles. The molecule has 0 saturated carbocycles. The Morgan fingerprint density at radius 3 is 2.71 bits per heavy atom. The van der Waals surface area contributed by atoms with Gasteiger partial charge in [-0.1, -0.05) is 18.2 Å². The summed E-state index contributed by atoms with van der Waals surface area (Å²) < 4.78 is 8.47. The van der Waals surface area contributed by atoms with Crippen LogP contribution in [0.1, 0.15) is 45.5 Å². The van der Waals surface area contributed by atoms with Crippen LogP contribution in [0.25, 0.3) is 10.1 Å². The van der Waals surface area contributed by atoms with E-state index < -0.39 is 6.10 Å². The Morgan fingerprint density at radius 1 is 1.19 bits per heavy atom. The van der Waals surface area contributed by atoms with Crippen LogP contribution in [-0.4, -0.2) is 47.0 Å². The number of morpholine rings is 1. The van der Waals surface area contributed by atoms with Crippen LogP contribution in [0.2, 0.25) is 0 Å². The Labute approximate surface area is 184 Å². The van der Waals surface area contributed by atoms with Crippen molar-refractivity contribution in [2.75, 3.05) is 19.7 Å². The van der Waals surface area contributed by atoms with Gasteiger partial charge in [0.15, 0.2) is 0 Å². The molecule has 1 N–H and O–H groups in total. The number of hydrogen-bond acceptors (Lipinski definition) is 5. The van der Waals surface area contributed by atoms with E-state index in [1.165, 1.54) is 22.0 Å². The molecule has 0 aliphatic carbocycles. The van der Waals surface area contributed by atoms with E-state index in [4.69, 9.17) is 4.74 Å². The van der Waals surface area contributed by atoms with Crippen molar-refractivity contribution in [2.24, 2.45) is 7.05 Å². The number of fused-ring (bicyclic) bond motifs is 1. The largest absolute Gasteiger partial charge is 0.370 e. The van der Waals surface area contributed by atoms with Crippen molar-refractivity contribution in [3.8, 4) is 0 Å². The summed E-state index contributed by atoms with van der Waals surface area (Å²) >= 11 is 1.44. The van der Waals surface area contributed by atoms with Gasteiger partial charge in [-0.05, 0) is 31.4 Å². The molecule has 7 nitrogen and oxygen atoms in total. The number of hydrogen-bond donors (Lipinski definition) is 1. The number of nitrogens with zero attached hydrogens (tertiary/aromatic N) is 2. The SMILES string of the molecule is CC(C)NC(=O)c1sc2ccccc2c1[C@@H]1CN(C(=O)c2ccc(=O)n(C)c2)CCO1. The van der Waals surface area contributed by atoms with E-state index >= 15 is 0 Å². The zero-order valence-corrected chi connectivity index (χ0v) is 18.6. The molecule has 1 atom stereocenters. The quantitative estimate of drug-likeness (QED) is 0.678. The van der Waals surface area contributed by atoms with Crippen LogP contribution in [-0.2, 0) is 11.8 Å². The van der Waals surface area contributed by atoms with Gasteiger partial charge in [-0.3, -0.25) is 14.4 Å². The van der Waals surface area contributed by atoms with Crippen LogP contribution in [0.3, 0.4) is 0 Å². The van der Waals surface area contributed by atoms with Gasteiger partial charge in [-0.15, -0.1) is 11.3 Å². The molecule has 162 valence electrons. The number of thiophene rings is 1. The Kier molecular flexibility index (Phi) is 5.93.